The van der Waals surface area contributed by atoms with Crippen molar-refractivity contribution in [3.05, 3.63) is 29.6 Å². The molecular weight excluding hydrogens is 145 g/mol. The van der Waals surface area contributed by atoms with Gasteiger partial charge in [-0.25, -0.2) is 4.39 Å². The van der Waals surface area contributed by atoms with Crippen molar-refractivity contribution in [3.63, 3.8) is 0 Å². The highest BCUT2D eigenvalue weighted by Crippen LogP contribution is 2.29. The van der Waals surface area contributed by atoms with Gasteiger partial charge in [0.25, 0.3) is 0 Å². The van der Waals surface area contributed by atoms with Gasteiger partial charge in [-0.2, -0.15) is 0 Å². The molecule has 0 radical (unpaired) electrons. The quantitative estimate of drug-likeness (QED) is 0.588. The number of β-amino-alcohol motifs (C(OH)–C–C–N with tert-alkyl or cyclic N) is 1. The first kappa shape index (κ1) is 6.61. The number of benzene rings is 1. The van der Waals surface area contributed by atoms with Crippen molar-refractivity contribution in [2.24, 2.45) is 0 Å². The first-order valence-corrected chi connectivity index (χ1v) is 3.49. The van der Waals surface area contributed by atoms with Gasteiger partial charge >= 0.3 is 0 Å². The largest absolute Gasteiger partial charge is 0.386 e. The molecule has 0 saturated carbocycles. The summed E-state index contributed by atoms with van der Waals surface area (Å²) in [5, 5.41) is 12.2. The number of aliphatic hydroxyl groups is 1. The average Bonchev–Trinajstić information content (AvgIpc) is 2.32. The minimum Gasteiger partial charge on any atom is -0.386 e. The lowest BCUT2D eigenvalue weighted by Gasteiger charge is -1.99. The van der Waals surface area contributed by atoms with Gasteiger partial charge in [0.15, 0.2) is 0 Å². The van der Waals surface area contributed by atoms with E-state index in [0.717, 1.165) is 5.56 Å². The Labute approximate surface area is 63.7 Å². The van der Waals surface area contributed by atoms with Crippen molar-refractivity contribution in [1.82, 2.24) is 0 Å². The van der Waals surface area contributed by atoms with Gasteiger partial charge in [-0.15, -0.1) is 0 Å². The molecule has 1 aromatic carbocycles. The molecule has 0 bridgehead atoms. The molecule has 0 amide bonds. The van der Waals surface area contributed by atoms with Crippen molar-refractivity contribution >= 4 is 5.69 Å². The molecule has 3 heteroatoms. The van der Waals surface area contributed by atoms with Gasteiger partial charge in [-0.3, -0.25) is 0 Å². The van der Waals surface area contributed by atoms with Crippen LogP contribution in [0.3, 0.4) is 0 Å². The summed E-state index contributed by atoms with van der Waals surface area (Å²) in [6, 6.07) is 4.36. The van der Waals surface area contributed by atoms with Crippen LogP contribution in [-0.4, -0.2) is 11.7 Å². The third-order valence-corrected chi connectivity index (χ3v) is 1.86. The van der Waals surface area contributed by atoms with Gasteiger partial charge in [0.1, 0.15) is 5.82 Å². The second-order valence-corrected chi connectivity index (χ2v) is 2.63. The van der Waals surface area contributed by atoms with E-state index in [-0.39, 0.29) is 5.82 Å². The van der Waals surface area contributed by atoms with Crippen molar-refractivity contribution in [2.45, 2.75) is 6.10 Å². The molecule has 1 aromatic rings. The lowest BCUT2D eigenvalue weighted by molar-refractivity contribution is 0.199. The van der Waals surface area contributed by atoms with Crippen LogP contribution in [0.15, 0.2) is 18.2 Å². The Kier molecular flexibility index (Phi) is 1.32. The molecule has 1 heterocycles. The molecule has 1 aliphatic heterocycles. The van der Waals surface area contributed by atoms with E-state index >= 15 is 0 Å². The predicted octanol–water partition coefficient (Wildman–Crippen LogP) is 1.28. The van der Waals surface area contributed by atoms with Gasteiger partial charge in [-0.05, 0) is 12.1 Å². The van der Waals surface area contributed by atoms with E-state index in [2.05, 4.69) is 5.32 Å². The van der Waals surface area contributed by atoms with E-state index in [1.54, 1.807) is 6.07 Å². The summed E-state index contributed by atoms with van der Waals surface area (Å²) in [6.07, 6.45) is -0.481. The summed E-state index contributed by atoms with van der Waals surface area (Å²) >= 11 is 0. The Bertz CT molecular complexity index is 287. The van der Waals surface area contributed by atoms with Gasteiger partial charge in [0.05, 0.1) is 6.10 Å². The molecule has 0 saturated heterocycles. The van der Waals surface area contributed by atoms with Crippen LogP contribution in [0.1, 0.15) is 11.7 Å². The highest BCUT2D eigenvalue weighted by atomic mass is 19.1. The van der Waals surface area contributed by atoms with E-state index in [9.17, 15) is 9.50 Å². The summed E-state index contributed by atoms with van der Waals surface area (Å²) < 4.78 is 12.6. The number of hydrogen-bond acceptors (Lipinski definition) is 2. The summed E-state index contributed by atoms with van der Waals surface area (Å²) in [5.74, 6) is -0.273. The van der Waals surface area contributed by atoms with Gasteiger partial charge in [0, 0.05) is 17.8 Å². The minimum absolute atomic E-state index is 0.273. The van der Waals surface area contributed by atoms with Crippen molar-refractivity contribution < 1.29 is 9.50 Å². The third kappa shape index (κ3) is 0.973. The highest BCUT2D eigenvalue weighted by Gasteiger charge is 2.19. The van der Waals surface area contributed by atoms with E-state index in [1.807, 2.05) is 0 Å². The standard InChI is InChI=1S/C8H8FNO/c9-5-1-2-6-7(3-5)10-4-8(6)11/h1-3,8,10-11H,4H2/t8-/m0/s1. The Balaban J connectivity index is 2.50. The van der Waals surface area contributed by atoms with Crippen LogP contribution < -0.4 is 5.32 Å². The zero-order valence-electron chi connectivity index (χ0n) is 5.84. The second kappa shape index (κ2) is 2.20. The fourth-order valence-electron chi connectivity index (χ4n) is 1.29. The van der Waals surface area contributed by atoms with E-state index < -0.39 is 6.10 Å². The molecule has 0 aromatic heterocycles. The van der Waals surface area contributed by atoms with E-state index in [0.29, 0.717) is 12.2 Å². The molecule has 0 fully saturated rings. The van der Waals surface area contributed by atoms with Crippen LogP contribution >= 0.6 is 0 Å². The van der Waals surface area contributed by atoms with E-state index in [1.165, 1.54) is 12.1 Å². The van der Waals surface area contributed by atoms with Crippen molar-refractivity contribution in [3.8, 4) is 0 Å². The highest BCUT2D eigenvalue weighted by molar-refractivity contribution is 5.56. The van der Waals surface area contributed by atoms with Gasteiger partial charge < -0.3 is 10.4 Å². The third-order valence-electron chi connectivity index (χ3n) is 1.86. The molecule has 11 heavy (non-hydrogen) atoms. The second-order valence-electron chi connectivity index (χ2n) is 2.63. The predicted molar refractivity (Wildman–Crippen MR) is 39.8 cm³/mol. The molecule has 2 N–H and O–H groups in total. The molecule has 0 unspecified atom stereocenters. The number of anilines is 1. The molecular formula is C8H8FNO. The maximum absolute atomic E-state index is 12.6. The van der Waals surface area contributed by atoms with Crippen LogP contribution in [0, 0.1) is 5.82 Å². The summed E-state index contributed by atoms with van der Waals surface area (Å²) in [5.41, 5.74) is 1.49. The summed E-state index contributed by atoms with van der Waals surface area (Å²) in [6.45, 7) is 0.485. The van der Waals surface area contributed by atoms with Gasteiger partial charge in [0.2, 0.25) is 0 Å². The number of fused-ring (bicyclic) bond motifs is 1. The molecule has 58 valence electrons. The first-order chi connectivity index (χ1) is 5.27. The lowest BCUT2D eigenvalue weighted by atomic mass is 10.1. The zero-order valence-corrected chi connectivity index (χ0v) is 5.84. The normalized spacial score (nSPS) is 21.1. The molecule has 1 aliphatic rings. The van der Waals surface area contributed by atoms with Crippen molar-refractivity contribution in [1.29, 1.82) is 0 Å². The Morgan fingerprint density at radius 2 is 2.36 bits per heavy atom. The zero-order chi connectivity index (χ0) is 7.84. The van der Waals surface area contributed by atoms with Gasteiger partial charge in [-0.1, -0.05) is 6.07 Å². The Morgan fingerprint density at radius 1 is 1.55 bits per heavy atom. The Hall–Kier alpha value is -1.09. The Morgan fingerprint density at radius 3 is 3.18 bits per heavy atom. The SMILES string of the molecule is O[C@H]1CNc2cc(F)ccc21. The molecule has 0 spiro atoms. The number of nitrogens with one attached hydrogen (secondary N) is 1. The van der Waals surface area contributed by atoms with Crippen LogP contribution in [0.4, 0.5) is 10.1 Å². The monoisotopic (exact) mass is 153 g/mol. The van der Waals surface area contributed by atoms with Crippen LogP contribution in [0.2, 0.25) is 0 Å². The van der Waals surface area contributed by atoms with E-state index in [4.69, 9.17) is 0 Å². The minimum atomic E-state index is -0.481. The maximum atomic E-state index is 12.6. The molecule has 0 aliphatic carbocycles. The summed E-state index contributed by atoms with van der Waals surface area (Å²) in [4.78, 5) is 0. The van der Waals surface area contributed by atoms with Crippen molar-refractivity contribution in [2.75, 3.05) is 11.9 Å². The fraction of sp³-hybridized carbons (Fsp3) is 0.250. The number of halogens is 1. The fourth-order valence-corrected chi connectivity index (χ4v) is 1.29. The number of hydrogen-bond donors (Lipinski definition) is 2. The topological polar surface area (TPSA) is 32.3 Å². The molecule has 2 nitrogen and oxygen atoms in total. The first-order valence-electron chi connectivity index (χ1n) is 3.49. The molecule has 1 atom stereocenters. The number of aliphatic hydroxyl groups excluding tert-OH is 1. The summed E-state index contributed by atoms with van der Waals surface area (Å²) in [7, 11) is 0. The smallest absolute Gasteiger partial charge is 0.125 e. The van der Waals surface area contributed by atoms with Crippen LogP contribution in [0.5, 0.6) is 0 Å². The van der Waals surface area contributed by atoms with Crippen LogP contribution in [0.25, 0.3) is 0 Å². The lowest BCUT2D eigenvalue weighted by Crippen LogP contribution is -1.98. The number of rotatable bonds is 0. The maximum Gasteiger partial charge on any atom is 0.125 e. The average molecular weight is 153 g/mol. The van der Waals surface area contributed by atoms with Crippen LogP contribution in [-0.2, 0) is 0 Å². The molecule has 2 rings (SSSR count).